The molecular formula is C28H24N2O4S. The summed E-state index contributed by atoms with van der Waals surface area (Å²) in [7, 11) is -3.93. The molecule has 35 heavy (non-hydrogen) atoms. The van der Waals surface area contributed by atoms with Crippen LogP contribution in [0.3, 0.4) is 0 Å². The summed E-state index contributed by atoms with van der Waals surface area (Å²) in [5.41, 5.74) is 4.66. The smallest absolute Gasteiger partial charge is 0.339 e. The van der Waals surface area contributed by atoms with E-state index in [9.17, 15) is 8.42 Å². The molecule has 1 heterocycles. The van der Waals surface area contributed by atoms with Gasteiger partial charge < -0.3 is 8.92 Å². The highest BCUT2D eigenvalue weighted by molar-refractivity contribution is 7.87. The average Bonchev–Trinajstić information content (AvgIpc) is 3.30. The number of fused-ring (bicyclic) bond motifs is 1. The Kier molecular flexibility index (Phi) is 6.35. The van der Waals surface area contributed by atoms with Crippen LogP contribution in [0.4, 0.5) is 0 Å². The lowest BCUT2D eigenvalue weighted by atomic mass is 10.1. The third-order valence-corrected chi connectivity index (χ3v) is 6.93. The van der Waals surface area contributed by atoms with E-state index in [1.54, 1.807) is 30.6 Å². The molecule has 1 atom stereocenters. The molecule has 4 aromatic carbocycles. The minimum Gasteiger partial charge on any atom is -0.379 e. The van der Waals surface area contributed by atoms with Gasteiger partial charge in [0.05, 0.1) is 24.0 Å². The van der Waals surface area contributed by atoms with Crippen molar-refractivity contribution in [2.75, 3.05) is 0 Å². The zero-order valence-electron chi connectivity index (χ0n) is 19.1. The molecule has 0 N–H and O–H groups in total. The number of imidazole rings is 1. The molecule has 1 unspecified atom stereocenters. The van der Waals surface area contributed by atoms with Crippen molar-refractivity contribution in [2.24, 2.45) is 0 Å². The molecule has 5 rings (SSSR count). The van der Waals surface area contributed by atoms with E-state index < -0.39 is 16.3 Å². The number of hydrogen-bond acceptors (Lipinski definition) is 5. The van der Waals surface area contributed by atoms with Gasteiger partial charge in [-0.1, -0.05) is 72.3 Å². The van der Waals surface area contributed by atoms with Gasteiger partial charge >= 0.3 is 10.1 Å². The van der Waals surface area contributed by atoms with Crippen LogP contribution in [0.5, 0.6) is 5.75 Å². The fraction of sp³-hybridized carbons (Fsp3) is 0.107. The quantitative estimate of drug-likeness (QED) is 0.257. The van der Waals surface area contributed by atoms with Crippen molar-refractivity contribution in [3.05, 3.63) is 126 Å². The van der Waals surface area contributed by atoms with Gasteiger partial charge in [-0.15, -0.1) is 0 Å². The lowest BCUT2D eigenvalue weighted by Crippen LogP contribution is -2.14. The summed E-state index contributed by atoms with van der Waals surface area (Å²) in [6.07, 6.45) is 1.29. The Hall–Kier alpha value is -3.94. The van der Waals surface area contributed by atoms with E-state index in [1.165, 1.54) is 12.1 Å². The molecule has 0 saturated carbocycles. The fourth-order valence-electron chi connectivity index (χ4n) is 3.82. The van der Waals surface area contributed by atoms with Gasteiger partial charge in [-0.05, 0) is 48.9 Å². The second-order valence-corrected chi connectivity index (χ2v) is 9.76. The van der Waals surface area contributed by atoms with Crippen LogP contribution in [0, 0.1) is 6.92 Å². The van der Waals surface area contributed by atoms with Gasteiger partial charge in [0.25, 0.3) is 0 Å². The molecule has 0 saturated heterocycles. The van der Waals surface area contributed by atoms with E-state index in [4.69, 9.17) is 8.92 Å². The summed E-state index contributed by atoms with van der Waals surface area (Å²) in [6.45, 7) is 2.30. The van der Waals surface area contributed by atoms with Crippen LogP contribution in [0.2, 0.25) is 0 Å². The van der Waals surface area contributed by atoms with Gasteiger partial charge in [-0.2, -0.15) is 8.42 Å². The van der Waals surface area contributed by atoms with Crippen molar-refractivity contribution < 1.29 is 17.3 Å². The highest BCUT2D eigenvalue weighted by Crippen LogP contribution is 2.28. The zero-order valence-corrected chi connectivity index (χ0v) is 19.9. The van der Waals surface area contributed by atoms with E-state index in [2.05, 4.69) is 4.98 Å². The van der Waals surface area contributed by atoms with Crippen LogP contribution in [0.1, 0.15) is 22.9 Å². The van der Waals surface area contributed by atoms with Crippen molar-refractivity contribution >= 4 is 21.2 Å². The summed E-state index contributed by atoms with van der Waals surface area (Å²) < 4.78 is 39.0. The number of aromatic nitrogens is 2. The molecule has 176 valence electrons. The van der Waals surface area contributed by atoms with Gasteiger partial charge in [-0.3, -0.25) is 4.57 Å². The number of nitrogens with zero attached hydrogens (tertiary/aromatic N) is 2. The lowest BCUT2D eigenvalue weighted by molar-refractivity contribution is 0.0221. The molecule has 1 aromatic heterocycles. The van der Waals surface area contributed by atoms with E-state index in [0.717, 1.165) is 27.7 Å². The highest BCUT2D eigenvalue weighted by atomic mass is 32.2. The lowest BCUT2D eigenvalue weighted by Gasteiger charge is -2.21. The van der Waals surface area contributed by atoms with Crippen LogP contribution in [0.15, 0.2) is 114 Å². The molecule has 0 fully saturated rings. The number of para-hydroxylation sites is 2. The van der Waals surface area contributed by atoms with Gasteiger partial charge in [0.15, 0.2) is 6.23 Å². The van der Waals surface area contributed by atoms with Crippen molar-refractivity contribution in [2.45, 2.75) is 24.7 Å². The first kappa shape index (κ1) is 22.8. The maximum absolute atomic E-state index is 12.7. The predicted molar refractivity (Wildman–Crippen MR) is 135 cm³/mol. The summed E-state index contributed by atoms with van der Waals surface area (Å²) in [5, 5.41) is 0. The Balaban J connectivity index is 1.43. The molecule has 5 aromatic rings. The van der Waals surface area contributed by atoms with Crippen molar-refractivity contribution in [3.63, 3.8) is 0 Å². The molecule has 0 aliphatic rings. The number of hydrogen-bond donors (Lipinski definition) is 0. The molecule has 0 aliphatic heterocycles. The number of aryl methyl sites for hydroxylation is 1. The Morgan fingerprint density at radius 3 is 2.26 bits per heavy atom. The van der Waals surface area contributed by atoms with Crippen molar-refractivity contribution in [3.8, 4) is 5.75 Å². The SMILES string of the molecule is Cc1ccc(S(=O)(=O)Oc2ccc(C(OCc3ccccc3)n3cnc4ccccc43)cc2)cc1. The monoisotopic (exact) mass is 484 g/mol. The van der Waals surface area contributed by atoms with Crippen molar-refractivity contribution in [1.29, 1.82) is 0 Å². The molecule has 0 amide bonds. The Morgan fingerprint density at radius 1 is 0.829 bits per heavy atom. The third kappa shape index (κ3) is 5.11. The molecule has 6 nitrogen and oxygen atoms in total. The fourth-order valence-corrected chi connectivity index (χ4v) is 4.75. The summed E-state index contributed by atoms with van der Waals surface area (Å²) >= 11 is 0. The van der Waals surface area contributed by atoms with Crippen LogP contribution >= 0.6 is 0 Å². The van der Waals surface area contributed by atoms with E-state index in [1.807, 2.05) is 78.2 Å². The van der Waals surface area contributed by atoms with Gasteiger partial charge in [0, 0.05) is 5.56 Å². The maximum atomic E-state index is 12.7. The minimum atomic E-state index is -3.93. The molecular weight excluding hydrogens is 460 g/mol. The van der Waals surface area contributed by atoms with Crippen LogP contribution in [-0.4, -0.2) is 18.0 Å². The Bertz CT molecular complexity index is 1530. The van der Waals surface area contributed by atoms with E-state index >= 15 is 0 Å². The number of ether oxygens (including phenoxy) is 1. The van der Waals surface area contributed by atoms with Crippen LogP contribution in [-0.2, 0) is 21.5 Å². The highest BCUT2D eigenvalue weighted by Gasteiger charge is 2.20. The normalized spacial score (nSPS) is 12.5. The summed E-state index contributed by atoms with van der Waals surface area (Å²) in [5.74, 6) is 0.228. The number of rotatable bonds is 8. The minimum absolute atomic E-state index is 0.112. The van der Waals surface area contributed by atoms with Gasteiger partial charge in [0.2, 0.25) is 0 Å². The average molecular weight is 485 g/mol. The summed E-state index contributed by atoms with van der Waals surface area (Å²) in [4.78, 5) is 4.62. The zero-order chi connectivity index (χ0) is 24.3. The van der Waals surface area contributed by atoms with Crippen LogP contribution < -0.4 is 4.18 Å². The van der Waals surface area contributed by atoms with Gasteiger partial charge in [-0.25, -0.2) is 4.98 Å². The molecule has 7 heteroatoms. The van der Waals surface area contributed by atoms with Crippen molar-refractivity contribution in [1.82, 2.24) is 9.55 Å². The summed E-state index contributed by atoms with van der Waals surface area (Å²) in [6, 6.07) is 31.2. The Morgan fingerprint density at radius 2 is 1.51 bits per heavy atom. The second kappa shape index (κ2) is 9.74. The predicted octanol–water partition coefficient (Wildman–Crippen LogP) is 5.88. The molecule has 0 spiro atoms. The maximum Gasteiger partial charge on any atom is 0.339 e. The molecule has 0 aliphatic carbocycles. The van der Waals surface area contributed by atoms with Crippen LogP contribution in [0.25, 0.3) is 11.0 Å². The topological polar surface area (TPSA) is 70.4 Å². The molecule has 0 bridgehead atoms. The first-order valence-electron chi connectivity index (χ1n) is 11.2. The first-order chi connectivity index (χ1) is 17.0. The van der Waals surface area contributed by atoms with E-state index in [0.29, 0.717) is 6.61 Å². The van der Waals surface area contributed by atoms with E-state index in [-0.39, 0.29) is 10.6 Å². The standard InChI is InChI=1S/C28H24N2O4S/c1-21-11-17-25(18-12-21)35(31,32)34-24-15-13-23(14-16-24)28(33-19-22-7-3-2-4-8-22)30-20-29-26-9-5-6-10-27(26)30/h2-18,20,28H,19H2,1H3. The second-order valence-electron chi connectivity index (χ2n) is 8.21. The number of benzene rings is 4. The van der Waals surface area contributed by atoms with Gasteiger partial charge in [0.1, 0.15) is 10.6 Å². The largest absolute Gasteiger partial charge is 0.379 e. The molecule has 0 radical (unpaired) electrons. The Labute approximate surface area is 204 Å². The first-order valence-corrected chi connectivity index (χ1v) is 12.6. The third-order valence-electron chi connectivity index (χ3n) is 5.67.